The summed E-state index contributed by atoms with van der Waals surface area (Å²) in [6.07, 6.45) is 4.06. The molecule has 0 aromatic carbocycles. The molecule has 5 heteroatoms. The Kier molecular flexibility index (Phi) is 3.49. The van der Waals surface area contributed by atoms with Crippen LogP contribution in [0.5, 0.6) is 0 Å². The molecular formula is C12H21N3O2. The van der Waals surface area contributed by atoms with Crippen LogP contribution in [0.15, 0.2) is 4.52 Å². The molecule has 1 fully saturated rings. The fourth-order valence-corrected chi connectivity index (χ4v) is 2.07. The molecule has 0 radical (unpaired) electrons. The number of ether oxygens (including phenoxy) is 1. The summed E-state index contributed by atoms with van der Waals surface area (Å²) in [5.74, 6) is 1.51. The Morgan fingerprint density at radius 3 is 2.71 bits per heavy atom. The fourth-order valence-electron chi connectivity index (χ4n) is 2.07. The first kappa shape index (κ1) is 12.5. The summed E-state index contributed by atoms with van der Waals surface area (Å²) in [6.45, 7) is 4.19. The fraction of sp³-hybridized carbons (Fsp3) is 0.833. The maximum absolute atomic E-state index is 6.07. The Hall–Kier alpha value is -0.940. The summed E-state index contributed by atoms with van der Waals surface area (Å²) >= 11 is 0. The summed E-state index contributed by atoms with van der Waals surface area (Å²) < 4.78 is 10.8. The average molecular weight is 239 g/mol. The molecule has 1 aliphatic carbocycles. The van der Waals surface area contributed by atoms with Gasteiger partial charge in [-0.25, -0.2) is 0 Å². The van der Waals surface area contributed by atoms with Gasteiger partial charge in [-0.15, -0.1) is 0 Å². The Balaban J connectivity index is 2.15. The van der Waals surface area contributed by atoms with E-state index in [1.54, 1.807) is 7.11 Å². The Labute approximate surface area is 102 Å². The molecule has 1 aliphatic rings. The molecule has 17 heavy (non-hydrogen) atoms. The summed E-state index contributed by atoms with van der Waals surface area (Å²) in [4.78, 5) is 4.42. The quantitative estimate of drug-likeness (QED) is 0.852. The van der Waals surface area contributed by atoms with Gasteiger partial charge in [0.05, 0.1) is 6.04 Å². The molecule has 1 saturated carbocycles. The molecule has 0 unspecified atom stereocenters. The van der Waals surface area contributed by atoms with Crippen LogP contribution in [0.3, 0.4) is 0 Å². The summed E-state index contributed by atoms with van der Waals surface area (Å²) in [6, 6.07) is -0.185. The van der Waals surface area contributed by atoms with E-state index < -0.39 is 0 Å². The van der Waals surface area contributed by atoms with Crippen LogP contribution in [0.25, 0.3) is 0 Å². The minimum Gasteiger partial charge on any atom is -0.370 e. The van der Waals surface area contributed by atoms with E-state index in [1.807, 2.05) is 0 Å². The van der Waals surface area contributed by atoms with E-state index in [4.69, 9.17) is 15.0 Å². The van der Waals surface area contributed by atoms with Crippen molar-refractivity contribution < 1.29 is 9.26 Å². The van der Waals surface area contributed by atoms with Crippen LogP contribution in [0, 0.1) is 5.92 Å². The molecule has 96 valence electrons. The molecule has 1 heterocycles. The smallest absolute Gasteiger partial charge is 0.243 e. The number of rotatable bonds is 5. The normalized spacial score (nSPS) is 21.9. The third kappa shape index (κ3) is 2.09. The zero-order valence-corrected chi connectivity index (χ0v) is 10.8. The second-order valence-corrected chi connectivity index (χ2v) is 4.92. The standard InChI is InChI=1S/C12H21N3O2/c1-4-8(2)9(13)10-14-11(15-17-10)12(16-3)6-5-7-12/h8-9H,4-7,13H2,1-3H3/t8-,9-/m0/s1. The molecule has 1 aromatic heterocycles. The number of methoxy groups -OCH3 is 1. The van der Waals surface area contributed by atoms with Gasteiger partial charge in [0.25, 0.3) is 0 Å². The molecular weight excluding hydrogens is 218 g/mol. The van der Waals surface area contributed by atoms with E-state index in [0.717, 1.165) is 25.7 Å². The Bertz CT molecular complexity index is 368. The third-order valence-electron chi connectivity index (χ3n) is 3.94. The van der Waals surface area contributed by atoms with Crippen LogP contribution in [0.1, 0.15) is 57.3 Å². The zero-order chi connectivity index (χ0) is 12.5. The molecule has 0 saturated heterocycles. The first-order chi connectivity index (χ1) is 8.13. The van der Waals surface area contributed by atoms with Gasteiger partial charge in [0, 0.05) is 7.11 Å². The lowest BCUT2D eigenvalue weighted by atomic mass is 9.79. The third-order valence-corrected chi connectivity index (χ3v) is 3.94. The lowest BCUT2D eigenvalue weighted by Crippen LogP contribution is -2.37. The van der Waals surface area contributed by atoms with Gasteiger partial charge in [0.15, 0.2) is 0 Å². The van der Waals surface area contributed by atoms with Crippen molar-refractivity contribution in [3.63, 3.8) is 0 Å². The monoisotopic (exact) mass is 239 g/mol. The highest BCUT2D eigenvalue weighted by molar-refractivity contribution is 5.07. The van der Waals surface area contributed by atoms with Crippen LogP contribution in [0.4, 0.5) is 0 Å². The van der Waals surface area contributed by atoms with Gasteiger partial charge in [0.1, 0.15) is 5.60 Å². The Morgan fingerprint density at radius 2 is 2.24 bits per heavy atom. The number of hydrogen-bond acceptors (Lipinski definition) is 5. The first-order valence-corrected chi connectivity index (χ1v) is 6.28. The number of nitrogens with zero attached hydrogens (tertiary/aromatic N) is 2. The lowest BCUT2D eigenvalue weighted by Gasteiger charge is -2.37. The SMILES string of the molecule is CC[C@H](C)[C@H](N)c1nc(C2(OC)CCC2)no1. The summed E-state index contributed by atoms with van der Waals surface area (Å²) in [5.41, 5.74) is 5.75. The number of hydrogen-bond donors (Lipinski definition) is 1. The number of nitrogens with two attached hydrogens (primary N) is 1. The summed E-state index contributed by atoms with van der Waals surface area (Å²) in [7, 11) is 1.70. The zero-order valence-electron chi connectivity index (χ0n) is 10.8. The second kappa shape index (κ2) is 4.74. The maximum Gasteiger partial charge on any atom is 0.243 e. The van der Waals surface area contributed by atoms with E-state index in [0.29, 0.717) is 17.6 Å². The average Bonchev–Trinajstić information content (AvgIpc) is 2.76. The molecule has 0 aliphatic heterocycles. The van der Waals surface area contributed by atoms with Crippen molar-refractivity contribution in [1.82, 2.24) is 10.1 Å². The largest absolute Gasteiger partial charge is 0.370 e. The minimum absolute atomic E-state index is 0.185. The van der Waals surface area contributed by atoms with Crippen LogP contribution >= 0.6 is 0 Å². The molecule has 0 amide bonds. The predicted octanol–water partition coefficient (Wildman–Crippen LogP) is 2.14. The molecule has 0 bridgehead atoms. The molecule has 2 rings (SSSR count). The van der Waals surface area contributed by atoms with Crippen LogP contribution in [-0.2, 0) is 10.3 Å². The Morgan fingerprint density at radius 1 is 1.53 bits per heavy atom. The van der Waals surface area contributed by atoms with Crippen molar-refractivity contribution in [2.45, 2.75) is 51.2 Å². The van der Waals surface area contributed by atoms with Gasteiger partial charge in [-0.2, -0.15) is 4.98 Å². The van der Waals surface area contributed by atoms with Gasteiger partial charge in [0.2, 0.25) is 11.7 Å². The molecule has 0 spiro atoms. The second-order valence-electron chi connectivity index (χ2n) is 4.92. The van der Waals surface area contributed by atoms with Crippen molar-refractivity contribution in [3.8, 4) is 0 Å². The molecule has 5 nitrogen and oxygen atoms in total. The molecule has 1 aromatic rings. The maximum atomic E-state index is 6.07. The molecule has 2 N–H and O–H groups in total. The first-order valence-electron chi connectivity index (χ1n) is 6.28. The van der Waals surface area contributed by atoms with E-state index in [1.165, 1.54) is 0 Å². The van der Waals surface area contributed by atoms with Crippen molar-refractivity contribution >= 4 is 0 Å². The highest BCUT2D eigenvalue weighted by Gasteiger charge is 2.43. The van der Waals surface area contributed by atoms with E-state index in [-0.39, 0.29) is 11.6 Å². The highest BCUT2D eigenvalue weighted by Crippen LogP contribution is 2.43. The van der Waals surface area contributed by atoms with E-state index in [2.05, 4.69) is 24.0 Å². The topological polar surface area (TPSA) is 74.2 Å². The number of aromatic nitrogens is 2. The van der Waals surface area contributed by atoms with Gasteiger partial charge in [-0.3, -0.25) is 0 Å². The van der Waals surface area contributed by atoms with Crippen LogP contribution < -0.4 is 5.73 Å². The van der Waals surface area contributed by atoms with Crippen molar-refractivity contribution in [2.24, 2.45) is 11.7 Å². The van der Waals surface area contributed by atoms with Crippen molar-refractivity contribution in [3.05, 3.63) is 11.7 Å². The predicted molar refractivity (Wildman–Crippen MR) is 63.2 cm³/mol. The highest BCUT2D eigenvalue weighted by atomic mass is 16.5. The van der Waals surface area contributed by atoms with Gasteiger partial charge in [-0.1, -0.05) is 25.4 Å². The molecule has 2 atom stereocenters. The summed E-state index contributed by atoms with van der Waals surface area (Å²) in [5, 5.41) is 4.03. The van der Waals surface area contributed by atoms with Gasteiger partial charge < -0.3 is 15.0 Å². The van der Waals surface area contributed by atoms with Crippen LogP contribution in [0.2, 0.25) is 0 Å². The van der Waals surface area contributed by atoms with Crippen molar-refractivity contribution in [2.75, 3.05) is 7.11 Å². The lowest BCUT2D eigenvalue weighted by molar-refractivity contribution is -0.0858. The van der Waals surface area contributed by atoms with Crippen LogP contribution in [-0.4, -0.2) is 17.3 Å². The van der Waals surface area contributed by atoms with Crippen molar-refractivity contribution in [1.29, 1.82) is 0 Å². The van der Waals surface area contributed by atoms with Gasteiger partial charge in [-0.05, 0) is 25.2 Å². The van der Waals surface area contributed by atoms with Gasteiger partial charge >= 0.3 is 0 Å². The minimum atomic E-state index is -0.322. The van der Waals surface area contributed by atoms with E-state index in [9.17, 15) is 0 Å². The van der Waals surface area contributed by atoms with E-state index >= 15 is 0 Å².